The summed E-state index contributed by atoms with van der Waals surface area (Å²) >= 11 is 7.44. The fraction of sp³-hybridized carbons (Fsp3) is 0.167. The molecule has 5 heteroatoms. The van der Waals surface area contributed by atoms with Gasteiger partial charge < -0.3 is 4.74 Å². The van der Waals surface area contributed by atoms with Crippen LogP contribution in [0.25, 0.3) is 0 Å². The van der Waals surface area contributed by atoms with Gasteiger partial charge >= 0.3 is 0 Å². The molecule has 1 unspecified atom stereocenters. The summed E-state index contributed by atoms with van der Waals surface area (Å²) in [7, 11) is 1.64. The first-order chi connectivity index (χ1) is 8.24. The number of halogens is 1. The molecular formula is C12H13ClN2OS. The Bertz CT molecular complexity index is 501. The lowest BCUT2D eigenvalue weighted by Crippen LogP contribution is -2.28. The number of hydrazine groups is 1. The monoisotopic (exact) mass is 268 g/mol. The van der Waals surface area contributed by atoms with Crippen molar-refractivity contribution in [3.63, 3.8) is 0 Å². The van der Waals surface area contributed by atoms with E-state index in [2.05, 4.69) is 5.43 Å². The molecule has 1 aromatic heterocycles. The summed E-state index contributed by atoms with van der Waals surface area (Å²) in [4.78, 5) is 1.07. The van der Waals surface area contributed by atoms with Crippen LogP contribution < -0.4 is 16.0 Å². The Morgan fingerprint density at radius 3 is 2.76 bits per heavy atom. The van der Waals surface area contributed by atoms with Gasteiger partial charge in [0, 0.05) is 4.88 Å². The minimum Gasteiger partial charge on any atom is -0.497 e. The molecule has 0 aliphatic rings. The summed E-state index contributed by atoms with van der Waals surface area (Å²) < 4.78 is 5.95. The van der Waals surface area contributed by atoms with Gasteiger partial charge in [-0.25, -0.2) is 5.43 Å². The average molecular weight is 269 g/mol. The summed E-state index contributed by atoms with van der Waals surface area (Å²) in [6.45, 7) is 0. The molecule has 0 amide bonds. The number of nitrogens with one attached hydrogen (secondary N) is 1. The number of hydrogen-bond acceptors (Lipinski definition) is 4. The van der Waals surface area contributed by atoms with Gasteiger partial charge in [-0.2, -0.15) is 0 Å². The van der Waals surface area contributed by atoms with Crippen LogP contribution in [-0.2, 0) is 0 Å². The molecule has 3 nitrogen and oxygen atoms in total. The molecule has 3 N–H and O–H groups in total. The van der Waals surface area contributed by atoms with Crippen molar-refractivity contribution < 1.29 is 4.74 Å². The van der Waals surface area contributed by atoms with Crippen molar-refractivity contribution in [3.8, 4) is 5.75 Å². The lowest BCUT2D eigenvalue weighted by molar-refractivity contribution is 0.413. The van der Waals surface area contributed by atoms with Crippen molar-refractivity contribution in [2.75, 3.05) is 7.11 Å². The number of ether oxygens (including phenoxy) is 1. The average Bonchev–Trinajstić information content (AvgIpc) is 2.77. The summed E-state index contributed by atoms with van der Waals surface area (Å²) in [5.74, 6) is 6.42. The number of methoxy groups -OCH3 is 1. The largest absolute Gasteiger partial charge is 0.497 e. The Morgan fingerprint density at radius 2 is 2.18 bits per heavy atom. The summed E-state index contributed by atoms with van der Waals surface area (Å²) in [6.07, 6.45) is 0. The Labute approximate surface area is 109 Å². The molecule has 1 aromatic carbocycles. The first kappa shape index (κ1) is 12.4. The lowest BCUT2D eigenvalue weighted by Gasteiger charge is -2.15. The molecule has 0 radical (unpaired) electrons. The highest BCUT2D eigenvalue weighted by molar-refractivity contribution is 7.16. The zero-order valence-electron chi connectivity index (χ0n) is 9.31. The molecule has 0 saturated carbocycles. The number of benzene rings is 1. The van der Waals surface area contributed by atoms with Gasteiger partial charge in [0.2, 0.25) is 0 Å². The molecule has 2 rings (SSSR count). The molecule has 0 aliphatic carbocycles. The van der Waals surface area contributed by atoms with Crippen LogP contribution in [-0.4, -0.2) is 7.11 Å². The smallest absolute Gasteiger partial charge is 0.119 e. The minimum atomic E-state index is -0.0670. The van der Waals surface area contributed by atoms with E-state index in [1.165, 1.54) is 11.3 Å². The topological polar surface area (TPSA) is 47.3 Å². The van der Waals surface area contributed by atoms with E-state index in [0.717, 1.165) is 20.5 Å². The van der Waals surface area contributed by atoms with Crippen molar-refractivity contribution in [3.05, 3.63) is 51.2 Å². The van der Waals surface area contributed by atoms with Gasteiger partial charge in [0.25, 0.3) is 0 Å². The van der Waals surface area contributed by atoms with Gasteiger partial charge in [-0.15, -0.1) is 11.3 Å². The van der Waals surface area contributed by atoms with Gasteiger partial charge in [-0.05, 0) is 29.8 Å². The quantitative estimate of drug-likeness (QED) is 0.662. The molecule has 90 valence electrons. The first-order valence-corrected chi connectivity index (χ1v) is 6.29. The predicted molar refractivity (Wildman–Crippen MR) is 71.5 cm³/mol. The lowest BCUT2D eigenvalue weighted by atomic mass is 10.1. The number of hydrogen-bond donors (Lipinski definition) is 2. The maximum Gasteiger partial charge on any atom is 0.119 e. The van der Waals surface area contributed by atoms with Crippen molar-refractivity contribution in [2.24, 2.45) is 5.84 Å². The third-order valence-corrected chi connectivity index (χ3v) is 3.77. The summed E-state index contributed by atoms with van der Waals surface area (Å²) in [5.41, 5.74) is 3.84. The highest BCUT2D eigenvalue weighted by Gasteiger charge is 2.14. The molecule has 1 atom stereocenters. The third kappa shape index (κ3) is 2.79. The van der Waals surface area contributed by atoms with E-state index in [4.69, 9.17) is 22.2 Å². The fourth-order valence-electron chi connectivity index (χ4n) is 1.65. The van der Waals surface area contributed by atoms with Gasteiger partial charge in [0.15, 0.2) is 0 Å². The molecule has 0 aliphatic heterocycles. The Hall–Kier alpha value is -1.07. The van der Waals surface area contributed by atoms with E-state index in [-0.39, 0.29) is 6.04 Å². The Morgan fingerprint density at radius 1 is 1.35 bits per heavy atom. The molecule has 0 bridgehead atoms. The summed E-state index contributed by atoms with van der Waals surface area (Å²) in [5, 5.41) is 0. The van der Waals surface area contributed by atoms with E-state index in [1.54, 1.807) is 7.11 Å². The minimum absolute atomic E-state index is 0.0670. The first-order valence-electron chi connectivity index (χ1n) is 5.10. The predicted octanol–water partition coefficient (Wildman–Crippen LogP) is 2.96. The molecule has 1 heterocycles. The van der Waals surface area contributed by atoms with E-state index in [9.17, 15) is 0 Å². The molecule has 0 spiro atoms. The van der Waals surface area contributed by atoms with Gasteiger partial charge in [-0.1, -0.05) is 23.7 Å². The molecule has 17 heavy (non-hydrogen) atoms. The fourth-order valence-corrected chi connectivity index (χ4v) is 2.80. The van der Waals surface area contributed by atoms with Gasteiger partial charge in [0.1, 0.15) is 5.75 Å². The number of thiophene rings is 1. The number of nitrogens with two attached hydrogens (primary N) is 1. The second-order valence-electron chi connectivity index (χ2n) is 3.52. The molecule has 0 fully saturated rings. The van der Waals surface area contributed by atoms with Crippen LogP contribution in [0, 0.1) is 0 Å². The van der Waals surface area contributed by atoms with Crippen LogP contribution >= 0.6 is 22.9 Å². The van der Waals surface area contributed by atoms with Crippen LogP contribution in [0.5, 0.6) is 5.75 Å². The van der Waals surface area contributed by atoms with E-state index < -0.39 is 0 Å². The van der Waals surface area contributed by atoms with E-state index in [1.807, 2.05) is 36.4 Å². The SMILES string of the molecule is COc1cccc(C(NN)c2ccc(Cl)s2)c1. The Balaban J connectivity index is 2.34. The van der Waals surface area contributed by atoms with Crippen molar-refractivity contribution in [1.82, 2.24) is 5.43 Å². The maximum atomic E-state index is 5.93. The van der Waals surface area contributed by atoms with E-state index >= 15 is 0 Å². The van der Waals surface area contributed by atoms with Crippen LogP contribution in [0.1, 0.15) is 16.5 Å². The summed E-state index contributed by atoms with van der Waals surface area (Å²) in [6, 6.07) is 11.6. The zero-order valence-corrected chi connectivity index (χ0v) is 10.9. The van der Waals surface area contributed by atoms with Crippen LogP contribution in [0.4, 0.5) is 0 Å². The van der Waals surface area contributed by atoms with Crippen LogP contribution in [0.15, 0.2) is 36.4 Å². The maximum absolute atomic E-state index is 5.93. The molecule has 2 aromatic rings. The standard InChI is InChI=1S/C12H13ClN2OS/c1-16-9-4-2-3-8(7-9)12(15-14)10-5-6-11(13)17-10/h2-7,12,15H,14H2,1H3. The highest BCUT2D eigenvalue weighted by Crippen LogP contribution is 2.31. The Kier molecular flexibility index (Phi) is 4.02. The van der Waals surface area contributed by atoms with Gasteiger partial charge in [0.05, 0.1) is 17.5 Å². The zero-order chi connectivity index (χ0) is 12.3. The van der Waals surface area contributed by atoms with E-state index in [0.29, 0.717) is 0 Å². The van der Waals surface area contributed by atoms with Crippen LogP contribution in [0.3, 0.4) is 0 Å². The van der Waals surface area contributed by atoms with Crippen molar-refractivity contribution in [2.45, 2.75) is 6.04 Å². The highest BCUT2D eigenvalue weighted by atomic mass is 35.5. The second kappa shape index (κ2) is 5.51. The van der Waals surface area contributed by atoms with Crippen molar-refractivity contribution >= 4 is 22.9 Å². The third-order valence-electron chi connectivity index (χ3n) is 2.47. The van der Waals surface area contributed by atoms with Crippen LogP contribution in [0.2, 0.25) is 4.34 Å². The normalized spacial score (nSPS) is 12.4. The van der Waals surface area contributed by atoms with Crippen molar-refractivity contribution in [1.29, 1.82) is 0 Å². The second-order valence-corrected chi connectivity index (χ2v) is 5.26. The molecular weight excluding hydrogens is 256 g/mol. The number of rotatable bonds is 4. The molecule has 0 saturated heterocycles. The van der Waals surface area contributed by atoms with Gasteiger partial charge in [-0.3, -0.25) is 5.84 Å².